The van der Waals surface area contributed by atoms with Crippen LogP contribution in [0.3, 0.4) is 0 Å². The molecule has 2 rings (SSSR count). The van der Waals surface area contributed by atoms with E-state index in [1.54, 1.807) is 6.92 Å². The van der Waals surface area contributed by atoms with Gasteiger partial charge >= 0.3 is 0 Å². The van der Waals surface area contributed by atoms with E-state index in [0.29, 0.717) is 16.5 Å². The molecule has 0 spiro atoms. The average Bonchev–Trinajstić information content (AvgIpc) is 2.97. The molecule has 1 aromatic heterocycles. The second-order valence-electron chi connectivity index (χ2n) is 3.80. The first-order valence-corrected chi connectivity index (χ1v) is 7.72. The number of hydrogen-bond acceptors (Lipinski definition) is 6. The topological polar surface area (TPSA) is 83.5 Å². The Hall–Kier alpha value is -1.89. The zero-order chi connectivity index (χ0) is 15.9. The maximum atomic E-state index is 13.2. The van der Waals surface area contributed by atoms with Gasteiger partial charge in [-0.05, 0) is 51.4 Å². The number of aromatic nitrogens is 2. The Balaban J connectivity index is 2.30. The molecule has 2 aromatic rings. The SMILES string of the molecule is CC#CCSc1nonc1C(=Nc1ccc(F)c(Br)c1)NO. The van der Waals surface area contributed by atoms with E-state index in [4.69, 9.17) is 0 Å². The highest BCUT2D eigenvalue weighted by Gasteiger charge is 2.16. The van der Waals surface area contributed by atoms with E-state index in [2.05, 4.69) is 47.7 Å². The fourth-order valence-electron chi connectivity index (χ4n) is 1.41. The number of nitrogens with one attached hydrogen (secondary N) is 1. The van der Waals surface area contributed by atoms with E-state index in [9.17, 15) is 9.60 Å². The van der Waals surface area contributed by atoms with Gasteiger partial charge in [-0.2, -0.15) is 0 Å². The maximum absolute atomic E-state index is 13.2. The van der Waals surface area contributed by atoms with Crippen molar-refractivity contribution in [3.05, 3.63) is 34.2 Å². The molecule has 0 aliphatic heterocycles. The molecule has 0 radical (unpaired) electrons. The van der Waals surface area contributed by atoms with E-state index in [1.165, 1.54) is 30.0 Å². The molecule has 0 bridgehead atoms. The second kappa shape index (κ2) is 7.93. The van der Waals surface area contributed by atoms with Crippen molar-refractivity contribution in [3.63, 3.8) is 0 Å². The molecule has 0 aliphatic rings. The van der Waals surface area contributed by atoms with Gasteiger partial charge in [-0.25, -0.2) is 14.0 Å². The summed E-state index contributed by atoms with van der Waals surface area (Å²) >= 11 is 4.37. The van der Waals surface area contributed by atoms with Crippen molar-refractivity contribution in [1.82, 2.24) is 15.8 Å². The molecule has 9 heteroatoms. The Bertz CT molecular complexity index is 754. The van der Waals surface area contributed by atoms with Crippen LogP contribution in [0, 0.1) is 17.7 Å². The van der Waals surface area contributed by atoms with Crippen molar-refractivity contribution in [2.24, 2.45) is 4.99 Å². The first kappa shape index (κ1) is 16.5. The average molecular weight is 385 g/mol. The predicted octanol–water partition coefficient (Wildman–Crippen LogP) is 3.14. The summed E-state index contributed by atoms with van der Waals surface area (Å²) < 4.78 is 18.1. The molecule has 0 aliphatic carbocycles. The summed E-state index contributed by atoms with van der Waals surface area (Å²) in [4.78, 5) is 4.16. The van der Waals surface area contributed by atoms with Crippen LogP contribution in [0.25, 0.3) is 0 Å². The summed E-state index contributed by atoms with van der Waals surface area (Å²) in [6, 6.07) is 4.18. The Labute approximate surface area is 138 Å². The molecule has 0 saturated heterocycles. The monoisotopic (exact) mass is 384 g/mol. The number of benzene rings is 1. The van der Waals surface area contributed by atoms with E-state index in [0.717, 1.165) is 0 Å². The van der Waals surface area contributed by atoms with Crippen LogP contribution in [0.1, 0.15) is 12.6 Å². The van der Waals surface area contributed by atoms with Crippen molar-refractivity contribution in [2.75, 3.05) is 5.75 Å². The zero-order valence-corrected chi connectivity index (χ0v) is 13.7. The fourth-order valence-corrected chi connectivity index (χ4v) is 2.49. The molecule has 1 aromatic carbocycles. The molecule has 114 valence electrons. The molecule has 22 heavy (non-hydrogen) atoms. The van der Waals surface area contributed by atoms with E-state index >= 15 is 0 Å². The third-order valence-electron chi connectivity index (χ3n) is 2.39. The number of nitrogens with zero attached hydrogens (tertiary/aromatic N) is 3. The third-order valence-corrected chi connectivity index (χ3v) is 3.83. The Morgan fingerprint density at radius 2 is 2.36 bits per heavy atom. The molecule has 0 atom stereocenters. The number of amidine groups is 1. The van der Waals surface area contributed by atoms with E-state index in [-0.39, 0.29) is 16.0 Å². The van der Waals surface area contributed by atoms with Gasteiger partial charge in [-0.15, -0.1) is 5.92 Å². The minimum absolute atomic E-state index is 0.0340. The molecule has 0 fully saturated rings. The maximum Gasteiger partial charge on any atom is 0.186 e. The lowest BCUT2D eigenvalue weighted by molar-refractivity contribution is 0.234. The standard InChI is InChI=1S/C13H10BrFN4O2S/c1-2-3-6-22-13-11(18-21-19-13)12(17-20)16-8-4-5-10(15)9(14)7-8/h4-5,7,20H,6H2,1H3,(H,16,17). The molecule has 0 saturated carbocycles. The van der Waals surface area contributed by atoms with Crippen LogP contribution >= 0.6 is 27.7 Å². The quantitative estimate of drug-likeness (QED) is 0.277. The normalized spacial score (nSPS) is 11.0. The molecule has 6 nitrogen and oxygen atoms in total. The highest BCUT2D eigenvalue weighted by atomic mass is 79.9. The summed E-state index contributed by atoms with van der Waals surface area (Å²) in [6.45, 7) is 1.73. The van der Waals surface area contributed by atoms with Crippen molar-refractivity contribution in [1.29, 1.82) is 0 Å². The van der Waals surface area contributed by atoms with Crippen molar-refractivity contribution >= 4 is 39.2 Å². The van der Waals surface area contributed by atoms with Gasteiger partial charge in [0.2, 0.25) is 0 Å². The molecule has 1 heterocycles. The number of rotatable bonds is 4. The minimum Gasteiger partial charge on any atom is -0.290 e. The third kappa shape index (κ3) is 4.07. The Morgan fingerprint density at radius 3 is 3.05 bits per heavy atom. The van der Waals surface area contributed by atoms with Crippen LogP contribution < -0.4 is 5.48 Å². The summed E-state index contributed by atoms with van der Waals surface area (Å²) in [5.74, 6) is 5.75. The largest absolute Gasteiger partial charge is 0.290 e. The van der Waals surface area contributed by atoms with Gasteiger partial charge in [-0.1, -0.05) is 17.7 Å². The van der Waals surface area contributed by atoms with E-state index < -0.39 is 5.82 Å². The van der Waals surface area contributed by atoms with Crippen LogP contribution in [-0.2, 0) is 0 Å². The second-order valence-corrected chi connectivity index (χ2v) is 5.62. The van der Waals surface area contributed by atoms with Crippen molar-refractivity contribution in [2.45, 2.75) is 11.9 Å². The summed E-state index contributed by atoms with van der Waals surface area (Å²) in [5.41, 5.74) is 2.60. The molecule has 0 unspecified atom stereocenters. The fraction of sp³-hybridized carbons (Fsp3) is 0.154. The van der Waals surface area contributed by atoms with Gasteiger partial charge in [0.05, 0.1) is 15.9 Å². The van der Waals surface area contributed by atoms with Crippen molar-refractivity contribution in [3.8, 4) is 11.8 Å². The number of hydroxylamine groups is 1. The first-order chi connectivity index (χ1) is 10.7. The zero-order valence-electron chi connectivity index (χ0n) is 11.3. The van der Waals surface area contributed by atoms with Gasteiger partial charge in [-0.3, -0.25) is 10.7 Å². The highest BCUT2D eigenvalue weighted by molar-refractivity contribution is 9.10. The Kier molecular flexibility index (Phi) is 5.94. The Morgan fingerprint density at radius 1 is 1.55 bits per heavy atom. The van der Waals surface area contributed by atoms with E-state index in [1.807, 2.05) is 5.48 Å². The minimum atomic E-state index is -0.407. The van der Waals surface area contributed by atoms with Crippen molar-refractivity contribution < 1.29 is 14.2 Å². The molecular formula is C13H10BrFN4O2S. The lowest BCUT2D eigenvalue weighted by atomic mass is 10.3. The summed E-state index contributed by atoms with van der Waals surface area (Å²) in [6.07, 6.45) is 0. The summed E-state index contributed by atoms with van der Waals surface area (Å²) in [7, 11) is 0. The number of aliphatic imine (C=N–C) groups is 1. The van der Waals surface area contributed by atoms with Crippen LogP contribution in [0.2, 0.25) is 0 Å². The number of thioether (sulfide) groups is 1. The van der Waals surface area contributed by atoms with Gasteiger partial charge in [0.1, 0.15) is 5.82 Å². The smallest absolute Gasteiger partial charge is 0.186 e. The first-order valence-electron chi connectivity index (χ1n) is 5.95. The lowest BCUT2D eigenvalue weighted by Gasteiger charge is -2.03. The van der Waals surface area contributed by atoms with Crippen LogP contribution in [0.15, 0.2) is 37.3 Å². The summed E-state index contributed by atoms with van der Waals surface area (Å²) in [5, 5.41) is 17.1. The predicted molar refractivity (Wildman–Crippen MR) is 83.7 cm³/mol. The molecule has 2 N–H and O–H groups in total. The number of hydrogen-bond donors (Lipinski definition) is 2. The lowest BCUT2D eigenvalue weighted by Crippen LogP contribution is -2.21. The van der Waals surface area contributed by atoms with Crippen LogP contribution in [0.4, 0.5) is 10.1 Å². The number of halogens is 2. The van der Waals surface area contributed by atoms with Gasteiger partial charge in [0, 0.05) is 0 Å². The van der Waals surface area contributed by atoms with Crippen LogP contribution in [0.5, 0.6) is 0 Å². The molecule has 0 amide bonds. The van der Waals surface area contributed by atoms with Gasteiger partial charge in [0.25, 0.3) is 0 Å². The van der Waals surface area contributed by atoms with Gasteiger partial charge < -0.3 is 0 Å². The molecular weight excluding hydrogens is 375 g/mol. The van der Waals surface area contributed by atoms with Gasteiger partial charge in [0.15, 0.2) is 16.6 Å². The van der Waals surface area contributed by atoms with Crippen LogP contribution in [-0.4, -0.2) is 27.1 Å². The highest BCUT2D eigenvalue weighted by Crippen LogP contribution is 2.24.